The Bertz CT molecular complexity index is 1070. The molecule has 0 spiro atoms. The van der Waals surface area contributed by atoms with Crippen molar-refractivity contribution in [3.05, 3.63) is 59.1 Å². The third-order valence-electron chi connectivity index (χ3n) is 3.85. The smallest absolute Gasteiger partial charge is 0.433 e. The number of benzene rings is 1. The monoisotopic (exact) mass is 390 g/mol. The van der Waals surface area contributed by atoms with Crippen LogP contribution in [0.4, 0.5) is 13.2 Å². The average molecular weight is 390 g/mol. The van der Waals surface area contributed by atoms with Crippen LogP contribution in [-0.2, 0) is 17.5 Å². The Kier molecular flexibility index (Phi) is 5.22. The van der Waals surface area contributed by atoms with Crippen molar-refractivity contribution in [1.29, 1.82) is 5.26 Å². The van der Waals surface area contributed by atoms with Crippen LogP contribution in [0.3, 0.4) is 0 Å². The lowest BCUT2D eigenvalue weighted by atomic mass is 10.1. The highest BCUT2D eigenvalue weighted by Crippen LogP contribution is 2.34. The highest BCUT2D eigenvalue weighted by Gasteiger charge is 2.35. The Hall–Kier alpha value is -3.54. The van der Waals surface area contributed by atoms with E-state index in [-0.39, 0.29) is 40.0 Å². The molecule has 0 aliphatic heterocycles. The Labute approximate surface area is 157 Å². The summed E-state index contributed by atoms with van der Waals surface area (Å²) in [6, 6.07) is 7.36. The van der Waals surface area contributed by atoms with Gasteiger partial charge in [0.2, 0.25) is 0 Å². The van der Waals surface area contributed by atoms with Crippen molar-refractivity contribution < 1.29 is 31.9 Å². The van der Waals surface area contributed by atoms with Crippen molar-refractivity contribution in [1.82, 2.24) is 4.98 Å². The van der Waals surface area contributed by atoms with Gasteiger partial charge in [0, 0.05) is 11.8 Å². The molecule has 6 nitrogen and oxygen atoms in total. The lowest BCUT2D eigenvalue weighted by molar-refractivity contribution is -0.142. The fraction of sp³-hybridized carbons (Fsp3) is 0.211. The van der Waals surface area contributed by atoms with Crippen molar-refractivity contribution in [3.63, 3.8) is 0 Å². The van der Waals surface area contributed by atoms with Crippen molar-refractivity contribution in [3.8, 4) is 11.8 Å². The zero-order valence-electron chi connectivity index (χ0n) is 14.5. The number of furan rings is 1. The summed E-state index contributed by atoms with van der Waals surface area (Å²) in [5, 5.41) is 9.72. The summed E-state index contributed by atoms with van der Waals surface area (Å²) in [6.45, 7) is 1.30. The second-order valence-corrected chi connectivity index (χ2v) is 5.59. The van der Waals surface area contributed by atoms with Gasteiger partial charge in [-0.05, 0) is 25.1 Å². The van der Waals surface area contributed by atoms with Crippen LogP contribution < -0.4 is 4.74 Å². The molecule has 0 saturated heterocycles. The standard InChI is InChI=1S/C19H13F3N2O4/c1-2-26-18(25)13-10-28-15-6-5-14(12(8-23)16(13)15)27-9-11-4-3-7-24-17(11)19(20,21)22/h3-7,10H,2,9H2,1H3. The zero-order chi connectivity index (χ0) is 20.3. The Morgan fingerprint density at radius 1 is 1.32 bits per heavy atom. The van der Waals surface area contributed by atoms with Gasteiger partial charge in [-0.25, -0.2) is 4.79 Å². The normalized spacial score (nSPS) is 11.2. The van der Waals surface area contributed by atoms with E-state index in [9.17, 15) is 23.2 Å². The van der Waals surface area contributed by atoms with Crippen LogP contribution in [0.1, 0.15) is 34.1 Å². The van der Waals surface area contributed by atoms with Crippen molar-refractivity contribution in [2.24, 2.45) is 0 Å². The molecule has 0 unspecified atom stereocenters. The summed E-state index contributed by atoms with van der Waals surface area (Å²) in [4.78, 5) is 15.4. The number of carbonyl (C=O) groups is 1. The Balaban J connectivity index is 1.98. The number of fused-ring (bicyclic) bond motifs is 1. The summed E-state index contributed by atoms with van der Waals surface area (Å²) in [5.41, 5.74) is -0.992. The number of aromatic nitrogens is 1. The third kappa shape index (κ3) is 3.62. The van der Waals surface area contributed by atoms with Gasteiger partial charge in [0.1, 0.15) is 41.4 Å². The van der Waals surface area contributed by atoms with E-state index in [1.54, 1.807) is 6.92 Å². The first kappa shape index (κ1) is 19.2. The molecule has 144 valence electrons. The highest BCUT2D eigenvalue weighted by molar-refractivity contribution is 6.06. The van der Waals surface area contributed by atoms with E-state index in [0.29, 0.717) is 0 Å². The number of rotatable bonds is 5. The minimum Gasteiger partial charge on any atom is -0.487 e. The average Bonchev–Trinajstić information content (AvgIpc) is 3.10. The van der Waals surface area contributed by atoms with E-state index in [1.807, 2.05) is 6.07 Å². The molecule has 3 aromatic rings. The van der Waals surface area contributed by atoms with Crippen LogP contribution in [0.2, 0.25) is 0 Å². The fourth-order valence-corrected chi connectivity index (χ4v) is 2.67. The maximum atomic E-state index is 13.1. The number of esters is 1. The Morgan fingerprint density at radius 2 is 2.11 bits per heavy atom. The van der Waals surface area contributed by atoms with E-state index < -0.39 is 24.4 Å². The molecule has 9 heteroatoms. The molecule has 0 fully saturated rings. The summed E-state index contributed by atoms with van der Waals surface area (Å²) >= 11 is 0. The van der Waals surface area contributed by atoms with Crippen LogP contribution in [0.15, 0.2) is 41.1 Å². The van der Waals surface area contributed by atoms with Gasteiger partial charge < -0.3 is 13.9 Å². The molecule has 3 rings (SSSR count). The molecule has 2 aromatic heterocycles. The van der Waals surface area contributed by atoms with Crippen LogP contribution in [0.25, 0.3) is 11.0 Å². The van der Waals surface area contributed by atoms with Crippen LogP contribution in [-0.4, -0.2) is 17.6 Å². The summed E-state index contributed by atoms with van der Waals surface area (Å²) < 4.78 is 54.9. The molecular formula is C19H13F3N2O4. The second kappa shape index (κ2) is 7.60. The molecule has 2 heterocycles. The van der Waals surface area contributed by atoms with Crippen LogP contribution in [0.5, 0.6) is 5.75 Å². The van der Waals surface area contributed by atoms with Crippen molar-refractivity contribution >= 4 is 16.9 Å². The number of carbonyl (C=O) groups excluding carboxylic acids is 1. The van der Waals surface area contributed by atoms with Gasteiger partial charge in [-0.1, -0.05) is 6.07 Å². The summed E-state index contributed by atoms with van der Waals surface area (Å²) in [6.07, 6.45) is -2.43. The zero-order valence-corrected chi connectivity index (χ0v) is 14.5. The van der Waals surface area contributed by atoms with Gasteiger partial charge in [-0.3, -0.25) is 4.98 Å². The molecule has 28 heavy (non-hydrogen) atoms. The highest BCUT2D eigenvalue weighted by atomic mass is 19.4. The number of ether oxygens (including phenoxy) is 2. The topological polar surface area (TPSA) is 85.3 Å². The number of hydrogen-bond acceptors (Lipinski definition) is 6. The van der Waals surface area contributed by atoms with Gasteiger partial charge >= 0.3 is 12.1 Å². The van der Waals surface area contributed by atoms with Crippen molar-refractivity contribution in [2.75, 3.05) is 6.61 Å². The molecule has 0 aliphatic rings. The van der Waals surface area contributed by atoms with Crippen LogP contribution in [0, 0.1) is 11.3 Å². The number of halogens is 3. The molecule has 0 radical (unpaired) electrons. The minimum atomic E-state index is -4.64. The Morgan fingerprint density at radius 3 is 2.79 bits per heavy atom. The third-order valence-corrected chi connectivity index (χ3v) is 3.85. The molecule has 0 saturated carbocycles. The predicted octanol–water partition coefficient (Wildman–Crippen LogP) is 4.47. The van der Waals surface area contributed by atoms with Crippen LogP contribution >= 0.6 is 0 Å². The fourth-order valence-electron chi connectivity index (χ4n) is 2.67. The number of hydrogen-bond donors (Lipinski definition) is 0. The van der Waals surface area contributed by atoms with E-state index in [2.05, 4.69) is 4.98 Å². The maximum Gasteiger partial charge on any atom is 0.433 e. The largest absolute Gasteiger partial charge is 0.487 e. The molecular weight excluding hydrogens is 377 g/mol. The number of nitrogens with zero attached hydrogens (tertiary/aromatic N) is 2. The lowest BCUT2D eigenvalue weighted by Gasteiger charge is -2.13. The van der Waals surface area contributed by atoms with E-state index in [0.717, 1.165) is 12.5 Å². The van der Waals surface area contributed by atoms with E-state index >= 15 is 0 Å². The first-order valence-corrected chi connectivity index (χ1v) is 8.12. The SMILES string of the molecule is CCOC(=O)c1coc2ccc(OCc3cccnc3C(F)(F)F)c(C#N)c12. The van der Waals surface area contributed by atoms with Gasteiger partial charge in [0.05, 0.1) is 12.0 Å². The summed E-state index contributed by atoms with van der Waals surface area (Å²) in [5.74, 6) is -0.666. The van der Waals surface area contributed by atoms with E-state index in [4.69, 9.17) is 13.9 Å². The quantitative estimate of drug-likeness (QED) is 0.598. The molecule has 0 bridgehead atoms. The van der Waals surface area contributed by atoms with Gasteiger partial charge in [-0.15, -0.1) is 0 Å². The van der Waals surface area contributed by atoms with Gasteiger partial charge in [-0.2, -0.15) is 18.4 Å². The van der Waals surface area contributed by atoms with Gasteiger partial charge in [0.15, 0.2) is 5.69 Å². The molecule has 1 aromatic carbocycles. The molecule has 0 atom stereocenters. The molecule has 0 aliphatic carbocycles. The van der Waals surface area contributed by atoms with Gasteiger partial charge in [0.25, 0.3) is 0 Å². The molecule has 0 amide bonds. The predicted molar refractivity (Wildman–Crippen MR) is 90.5 cm³/mol. The van der Waals surface area contributed by atoms with Crippen molar-refractivity contribution in [2.45, 2.75) is 19.7 Å². The lowest BCUT2D eigenvalue weighted by Crippen LogP contribution is -2.13. The maximum absolute atomic E-state index is 13.1. The first-order valence-electron chi connectivity index (χ1n) is 8.12. The van der Waals surface area contributed by atoms with E-state index in [1.165, 1.54) is 24.3 Å². The molecule has 0 N–H and O–H groups in total. The summed E-state index contributed by atoms with van der Waals surface area (Å²) in [7, 11) is 0. The second-order valence-electron chi connectivity index (χ2n) is 5.59. The number of nitriles is 1. The minimum absolute atomic E-state index is 0.0129. The number of alkyl halides is 3. The first-order chi connectivity index (χ1) is 13.4. The number of pyridine rings is 1.